The van der Waals surface area contributed by atoms with E-state index >= 15 is 0 Å². The monoisotopic (exact) mass is 266 g/mol. The number of likely N-dealkylation sites (tertiary alicyclic amines) is 1. The Kier molecular flexibility index (Phi) is 4.09. The molecule has 1 atom stereocenters. The molecule has 0 spiro atoms. The van der Waals surface area contributed by atoms with Gasteiger partial charge >= 0.3 is 12.0 Å². The topological polar surface area (TPSA) is 74.0 Å². The van der Waals surface area contributed by atoms with Gasteiger partial charge in [-0.3, -0.25) is 0 Å². The van der Waals surface area contributed by atoms with E-state index in [-0.39, 0.29) is 6.03 Å². The quantitative estimate of drug-likeness (QED) is 0.904. The third-order valence-corrected chi connectivity index (χ3v) is 3.33. The van der Waals surface area contributed by atoms with Crippen LogP contribution in [-0.4, -0.2) is 46.5 Å². The summed E-state index contributed by atoms with van der Waals surface area (Å²) >= 11 is 0. The van der Waals surface area contributed by atoms with Crippen molar-refractivity contribution >= 4 is 12.0 Å². The van der Waals surface area contributed by atoms with Gasteiger partial charge in [-0.2, -0.15) is 0 Å². The minimum atomic E-state index is -0.931. The Labute approximate surface area is 111 Å². The minimum absolute atomic E-state index is 0.261. The average Bonchev–Trinajstić information content (AvgIpc) is 2.90. The second-order valence-corrected chi connectivity index (χ2v) is 4.76. The molecule has 1 aromatic heterocycles. The van der Waals surface area contributed by atoms with Gasteiger partial charge in [-0.1, -0.05) is 0 Å². The predicted molar refractivity (Wildman–Crippen MR) is 67.6 cm³/mol. The Bertz CT molecular complexity index is 444. The number of rotatable bonds is 3. The number of carboxylic acid groups (broad SMARTS) is 1. The van der Waals surface area contributed by atoms with Crippen molar-refractivity contribution in [1.29, 1.82) is 0 Å². The molecule has 1 fully saturated rings. The Morgan fingerprint density at radius 2 is 2.32 bits per heavy atom. The number of aliphatic carboxylic acids is 1. The molecule has 1 unspecified atom stereocenters. The highest BCUT2D eigenvalue weighted by molar-refractivity contribution is 5.82. The van der Waals surface area contributed by atoms with Crippen molar-refractivity contribution in [2.45, 2.75) is 31.8 Å². The van der Waals surface area contributed by atoms with E-state index in [0.717, 1.165) is 12.8 Å². The van der Waals surface area contributed by atoms with E-state index in [4.69, 9.17) is 9.52 Å². The fourth-order valence-corrected chi connectivity index (χ4v) is 2.34. The first-order valence-corrected chi connectivity index (χ1v) is 6.36. The number of carboxylic acids is 1. The molecular formula is C13H18N2O4. The standard InChI is InChI=1S/C13H18N2O4/c1-14(9-10-5-4-8-19-10)13(18)15-7-3-2-6-11(15)12(16)17/h4-5,8,11H,2-3,6-7,9H2,1H3,(H,16,17). The smallest absolute Gasteiger partial charge is 0.326 e. The minimum Gasteiger partial charge on any atom is -0.480 e. The summed E-state index contributed by atoms with van der Waals surface area (Å²) in [6, 6.07) is 2.58. The van der Waals surface area contributed by atoms with Crippen LogP contribution < -0.4 is 0 Å². The van der Waals surface area contributed by atoms with Gasteiger partial charge in [-0.25, -0.2) is 9.59 Å². The molecule has 1 aromatic rings. The zero-order chi connectivity index (χ0) is 13.8. The summed E-state index contributed by atoms with van der Waals surface area (Å²) in [5.41, 5.74) is 0. The fourth-order valence-electron chi connectivity index (χ4n) is 2.34. The van der Waals surface area contributed by atoms with Crippen LogP contribution >= 0.6 is 0 Å². The zero-order valence-electron chi connectivity index (χ0n) is 10.9. The van der Waals surface area contributed by atoms with E-state index < -0.39 is 12.0 Å². The molecular weight excluding hydrogens is 248 g/mol. The van der Waals surface area contributed by atoms with Gasteiger partial charge in [0, 0.05) is 13.6 Å². The van der Waals surface area contributed by atoms with Gasteiger partial charge in [0.15, 0.2) is 0 Å². The van der Waals surface area contributed by atoms with E-state index in [2.05, 4.69) is 0 Å². The first-order valence-electron chi connectivity index (χ1n) is 6.36. The average molecular weight is 266 g/mol. The molecule has 6 nitrogen and oxygen atoms in total. The van der Waals surface area contributed by atoms with Gasteiger partial charge in [0.25, 0.3) is 0 Å². The number of amides is 2. The number of furan rings is 1. The molecule has 0 radical (unpaired) electrons. The summed E-state index contributed by atoms with van der Waals surface area (Å²) in [5.74, 6) is -0.251. The Morgan fingerprint density at radius 1 is 1.53 bits per heavy atom. The molecule has 0 bridgehead atoms. The summed E-state index contributed by atoms with van der Waals surface area (Å²) in [5, 5.41) is 9.17. The highest BCUT2D eigenvalue weighted by Crippen LogP contribution is 2.19. The normalized spacial score (nSPS) is 19.2. The molecule has 1 saturated heterocycles. The van der Waals surface area contributed by atoms with Crippen LogP contribution in [0.2, 0.25) is 0 Å². The van der Waals surface area contributed by atoms with Crippen LogP contribution in [0.4, 0.5) is 4.79 Å². The molecule has 6 heteroatoms. The van der Waals surface area contributed by atoms with Crippen molar-refractivity contribution in [2.75, 3.05) is 13.6 Å². The van der Waals surface area contributed by atoms with Gasteiger partial charge in [0.1, 0.15) is 11.8 Å². The summed E-state index contributed by atoms with van der Waals surface area (Å²) in [7, 11) is 1.65. The van der Waals surface area contributed by atoms with Crippen LogP contribution in [0.25, 0.3) is 0 Å². The first-order chi connectivity index (χ1) is 9.09. The molecule has 2 heterocycles. The molecule has 2 rings (SSSR count). The van der Waals surface area contributed by atoms with E-state index in [1.54, 1.807) is 25.4 Å². The van der Waals surface area contributed by atoms with Gasteiger partial charge < -0.3 is 19.3 Å². The largest absolute Gasteiger partial charge is 0.480 e. The number of carbonyl (C=O) groups is 2. The highest BCUT2D eigenvalue weighted by atomic mass is 16.4. The molecule has 1 N–H and O–H groups in total. The molecule has 0 aliphatic carbocycles. The lowest BCUT2D eigenvalue weighted by Gasteiger charge is -2.35. The molecule has 2 amide bonds. The SMILES string of the molecule is CN(Cc1ccco1)C(=O)N1CCCCC1C(=O)O. The van der Waals surface area contributed by atoms with Crippen molar-refractivity contribution in [3.8, 4) is 0 Å². The Hall–Kier alpha value is -1.98. The maximum Gasteiger partial charge on any atom is 0.326 e. The fraction of sp³-hybridized carbons (Fsp3) is 0.538. The molecule has 104 valence electrons. The molecule has 1 aliphatic rings. The number of urea groups is 1. The number of carbonyl (C=O) groups excluding carboxylic acids is 1. The zero-order valence-corrected chi connectivity index (χ0v) is 10.9. The van der Waals surface area contributed by atoms with Gasteiger partial charge in [0.05, 0.1) is 12.8 Å². The molecule has 0 saturated carbocycles. The number of hydrogen-bond acceptors (Lipinski definition) is 3. The summed E-state index contributed by atoms with van der Waals surface area (Å²) in [4.78, 5) is 26.4. The van der Waals surface area contributed by atoms with Crippen molar-refractivity contribution in [3.63, 3.8) is 0 Å². The van der Waals surface area contributed by atoms with Gasteiger partial charge in [-0.15, -0.1) is 0 Å². The number of hydrogen-bond donors (Lipinski definition) is 1. The van der Waals surface area contributed by atoms with Gasteiger partial charge in [0.2, 0.25) is 0 Å². The van der Waals surface area contributed by atoms with Crippen molar-refractivity contribution < 1.29 is 19.1 Å². The lowest BCUT2D eigenvalue weighted by molar-refractivity contribution is -0.143. The lowest BCUT2D eigenvalue weighted by atomic mass is 10.0. The third kappa shape index (κ3) is 3.07. The van der Waals surface area contributed by atoms with E-state index in [1.165, 1.54) is 9.80 Å². The molecule has 1 aliphatic heterocycles. The first kappa shape index (κ1) is 13.5. The second-order valence-electron chi connectivity index (χ2n) is 4.76. The van der Waals surface area contributed by atoms with E-state index in [1.807, 2.05) is 0 Å². The van der Waals surface area contributed by atoms with Crippen LogP contribution in [0.15, 0.2) is 22.8 Å². The maximum atomic E-state index is 12.3. The van der Waals surface area contributed by atoms with Crippen LogP contribution in [0, 0.1) is 0 Å². The van der Waals surface area contributed by atoms with Gasteiger partial charge in [-0.05, 0) is 31.4 Å². The predicted octanol–water partition coefficient (Wildman–Crippen LogP) is 1.77. The van der Waals surface area contributed by atoms with Crippen LogP contribution in [-0.2, 0) is 11.3 Å². The third-order valence-electron chi connectivity index (χ3n) is 3.33. The van der Waals surface area contributed by atoms with Crippen molar-refractivity contribution in [3.05, 3.63) is 24.2 Å². The summed E-state index contributed by atoms with van der Waals surface area (Å²) in [6.45, 7) is 0.840. The van der Waals surface area contributed by atoms with E-state index in [9.17, 15) is 9.59 Å². The van der Waals surface area contributed by atoms with Crippen molar-refractivity contribution in [2.24, 2.45) is 0 Å². The second kappa shape index (κ2) is 5.77. The Morgan fingerprint density at radius 3 is 2.95 bits per heavy atom. The Balaban J connectivity index is 2.02. The van der Waals surface area contributed by atoms with Crippen LogP contribution in [0.5, 0.6) is 0 Å². The molecule has 0 aromatic carbocycles. The molecule has 19 heavy (non-hydrogen) atoms. The van der Waals surface area contributed by atoms with Crippen molar-refractivity contribution in [1.82, 2.24) is 9.80 Å². The lowest BCUT2D eigenvalue weighted by Crippen LogP contribution is -2.52. The number of nitrogens with zero attached hydrogens (tertiary/aromatic N) is 2. The maximum absolute atomic E-state index is 12.3. The number of piperidine rings is 1. The highest BCUT2D eigenvalue weighted by Gasteiger charge is 2.33. The summed E-state index contributed by atoms with van der Waals surface area (Å²) in [6.07, 6.45) is 3.77. The van der Waals surface area contributed by atoms with Crippen LogP contribution in [0.1, 0.15) is 25.0 Å². The van der Waals surface area contributed by atoms with E-state index in [0.29, 0.717) is 25.3 Å². The van der Waals surface area contributed by atoms with Crippen LogP contribution in [0.3, 0.4) is 0 Å². The summed E-state index contributed by atoms with van der Waals surface area (Å²) < 4.78 is 5.19.